The van der Waals surface area contributed by atoms with Crippen LogP contribution in [0.4, 0.5) is 0 Å². The fraction of sp³-hybridized carbons (Fsp3) is 0.250. The highest BCUT2D eigenvalue weighted by molar-refractivity contribution is 6.01. The summed E-state index contributed by atoms with van der Waals surface area (Å²) in [5.74, 6) is 1.47. The molecule has 0 fully saturated rings. The lowest BCUT2D eigenvalue weighted by Gasteiger charge is -2.10. The zero-order valence-electron chi connectivity index (χ0n) is 11.7. The van der Waals surface area contributed by atoms with Crippen LogP contribution >= 0.6 is 0 Å². The summed E-state index contributed by atoms with van der Waals surface area (Å²) >= 11 is 0. The molecule has 3 rings (SSSR count). The maximum atomic E-state index is 5.42. The summed E-state index contributed by atoms with van der Waals surface area (Å²) in [5.41, 5.74) is 4.14. The third kappa shape index (κ3) is 2.37. The number of amidine groups is 1. The number of nitrogens with one attached hydrogen (secondary N) is 1. The molecule has 1 aromatic heterocycles. The second-order valence-corrected chi connectivity index (χ2v) is 4.78. The topological polar surface area (TPSA) is 46.5 Å². The van der Waals surface area contributed by atoms with Crippen molar-refractivity contribution >= 4 is 5.84 Å². The molecule has 1 aliphatic rings. The lowest BCUT2D eigenvalue weighted by Crippen LogP contribution is -2.20. The van der Waals surface area contributed by atoms with Crippen molar-refractivity contribution in [2.24, 2.45) is 4.99 Å². The molecule has 4 nitrogen and oxygen atoms in total. The van der Waals surface area contributed by atoms with Crippen LogP contribution in [0.5, 0.6) is 5.88 Å². The number of aliphatic imine (C=N–C) groups is 1. The summed E-state index contributed by atoms with van der Waals surface area (Å²) in [5, 5.41) is 3.25. The van der Waals surface area contributed by atoms with E-state index in [0.717, 1.165) is 35.7 Å². The number of aromatic nitrogens is 1. The summed E-state index contributed by atoms with van der Waals surface area (Å²) in [7, 11) is 1.64. The van der Waals surface area contributed by atoms with Crippen LogP contribution < -0.4 is 10.1 Å². The Bertz CT molecular complexity index is 665. The van der Waals surface area contributed by atoms with Gasteiger partial charge in [-0.15, -0.1) is 0 Å². The van der Waals surface area contributed by atoms with Crippen LogP contribution in [-0.2, 0) is 0 Å². The third-order valence-corrected chi connectivity index (χ3v) is 3.30. The highest BCUT2D eigenvalue weighted by Crippen LogP contribution is 2.24. The van der Waals surface area contributed by atoms with Crippen molar-refractivity contribution in [1.29, 1.82) is 0 Å². The molecule has 102 valence electrons. The number of hydrogen-bond acceptors (Lipinski definition) is 4. The second-order valence-electron chi connectivity index (χ2n) is 4.78. The fourth-order valence-corrected chi connectivity index (χ4v) is 2.32. The van der Waals surface area contributed by atoms with Gasteiger partial charge in [0.05, 0.1) is 24.9 Å². The van der Waals surface area contributed by atoms with Gasteiger partial charge in [-0.2, -0.15) is 0 Å². The van der Waals surface area contributed by atoms with Crippen LogP contribution in [0.3, 0.4) is 0 Å². The predicted molar refractivity (Wildman–Crippen MR) is 80.4 cm³/mol. The first-order chi connectivity index (χ1) is 9.78. The van der Waals surface area contributed by atoms with Gasteiger partial charge in [0.2, 0.25) is 5.88 Å². The SMILES string of the molecule is COc1nc(-c2cccc(C)c2)ccc1C1=NCCN1. The molecule has 4 heteroatoms. The first kappa shape index (κ1) is 12.7. The van der Waals surface area contributed by atoms with Crippen LogP contribution in [-0.4, -0.2) is 31.0 Å². The highest BCUT2D eigenvalue weighted by Gasteiger charge is 2.15. The van der Waals surface area contributed by atoms with E-state index in [2.05, 4.69) is 40.4 Å². The quantitative estimate of drug-likeness (QED) is 0.929. The molecule has 0 saturated heterocycles. The first-order valence-electron chi connectivity index (χ1n) is 6.69. The lowest BCUT2D eigenvalue weighted by atomic mass is 10.1. The number of aryl methyl sites for hydroxylation is 1. The number of rotatable bonds is 3. The Labute approximate surface area is 118 Å². The van der Waals surface area contributed by atoms with Gasteiger partial charge >= 0.3 is 0 Å². The number of ether oxygens (including phenoxy) is 1. The molecule has 0 bridgehead atoms. The lowest BCUT2D eigenvalue weighted by molar-refractivity contribution is 0.397. The largest absolute Gasteiger partial charge is 0.480 e. The number of hydrogen-bond donors (Lipinski definition) is 1. The number of pyridine rings is 1. The normalized spacial score (nSPS) is 13.8. The summed E-state index contributed by atoms with van der Waals surface area (Å²) in [6.07, 6.45) is 0. The molecule has 0 radical (unpaired) electrons. The van der Waals surface area contributed by atoms with Crippen LogP contribution in [0.1, 0.15) is 11.1 Å². The van der Waals surface area contributed by atoms with Crippen molar-refractivity contribution in [2.45, 2.75) is 6.92 Å². The van der Waals surface area contributed by atoms with Crippen LogP contribution in [0.25, 0.3) is 11.3 Å². The summed E-state index contributed by atoms with van der Waals surface area (Å²) < 4.78 is 5.42. The van der Waals surface area contributed by atoms with Gasteiger partial charge in [0.25, 0.3) is 0 Å². The van der Waals surface area contributed by atoms with Crippen molar-refractivity contribution < 1.29 is 4.74 Å². The molecule has 20 heavy (non-hydrogen) atoms. The molecule has 0 spiro atoms. The van der Waals surface area contributed by atoms with Crippen molar-refractivity contribution in [3.63, 3.8) is 0 Å². The van der Waals surface area contributed by atoms with Gasteiger partial charge < -0.3 is 10.1 Å². The molecule has 1 aliphatic heterocycles. The van der Waals surface area contributed by atoms with E-state index in [9.17, 15) is 0 Å². The minimum atomic E-state index is 0.608. The van der Waals surface area contributed by atoms with Gasteiger partial charge in [0, 0.05) is 12.1 Å². The molecule has 0 amide bonds. The third-order valence-electron chi connectivity index (χ3n) is 3.30. The van der Waals surface area contributed by atoms with E-state index in [1.165, 1.54) is 5.56 Å². The van der Waals surface area contributed by atoms with Crippen molar-refractivity contribution in [3.05, 3.63) is 47.5 Å². The molecule has 2 heterocycles. The standard InChI is InChI=1S/C16H17N3O/c1-11-4-3-5-12(10-11)14-7-6-13(16(19-14)20-2)15-17-8-9-18-15/h3-7,10H,8-9H2,1-2H3,(H,17,18). The Morgan fingerprint density at radius 3 is 2.80 bits per heavy atom. The molecule has 0 aliphatic carbocycles. The van der Waals surface area contributed by atoms with E-state index < -0.39 is 0 Å². The van der Waals surface area contributed by atoms with E-state index in [1.807, 2.05) is 18.2 Å². The predicted octanol–water partition coefficient (Wildman–Crippen LogP) is 2.42. The Hall–Kier alpha value is -2.36. The summed E-state index contributed by atoms with van der Waals surface area (Å²) in [6, 6.07) is 12.3. The molecule has 2 aromatic rings. The highest BCUT2D eigenvalue weighted by atomic mass is 16.5. The Balaban J connectivity index is 2.03. The van der Waals surface area contributed by atoms with E-state index in [1.54, 1.807) is 7.11 Å². The Kier molecular flexibility index (Phi) is 3.37. The first-order valence-corrected chi connectivity index (χ1v) is 6.69. The van der Waals surface area contributed by atoms with Crippen LogP contribution in [0.15, 0.2) is 41.4 Å². The molecule has 0 unspecified atom stereocenters. The van der Waals surface area contributed by atoms with E-state index >= 15 is 0 Å². The Morgan fingerprint density at radius 2 is 2.10 bits per heavy atom. The van der Waals surface area contributed by atoms with Crippen molar-refractivity contribution in [2.75, 3.05) is 20.2 Å². The minimum Gasteiger partial charge on any atom is -0.480 e. The summed E-state index contributed by atoms with van der Waals surface area (Å²) in [4.78, 5) is 9.02. The molecule has 0 atom stereocenters. The van der Waals surface area contributed by atoms with E-state index in [4.69, 9.17) is 4.74 Å². The number of methoxy groups -OCH3 is 1. The number of nitrogens with zero attached hydrogens (tertiary/aromatic N) is 2. The van der Waals surface area contributed by atoms with Gasteiger partial charge in [-0.1, -0.05) is 23.8 Å². The van der Waals surface area contributed by atoms with Crippen LogP contribution in [0.2, 0.25) is 0 Å². The molecule has 1 aromatic carbocycles. The maximum absolute atomic E-state index is 5.42. The van der Waals surface area contributed by atoms with Gasteiger partial charge in [-0.05, 0) is 25.1 Å². The van der Waals surface area contributed by atoms with Crippen molar-refractivity contribution in [1.82, 2.24) is 10.3 Å². The summed E-state index contributed by atoms with van der Waals surface area (Å²) in [6.45, 7) is 3.75. The number of benzene rings is 1. The van der Waals surface area contributed by atoms with Gasteiger partial charge in [0.15, 0.2) is 0 Å². The maximum Gasteiger partial charge on any atom is 0.224 e. The second kappa shape index (κ2) is 5.33. The molecule has 0 saturated carbocycles. The molecular formula is C16H17N3O. The zero-order chi connectivity index (χ0) is 13.9. The van der Waals surface area contributed by atoms with E-state index in [-0.39, 0.29) is 0 Å². The van der Waals surface area contributed by atoms with Gasteiger partial charge in [0.1, 0.15) is 5.84 Å². The van der Waals surface area contributed by atoms with Crippen LogP contribution in [0, 0.1) is 6.92 Å². The smallest absolute Gasteiger partial charge is 0.224 e. The average Bonchev–Trinajstić information content (AvgIpc) is 3.00. The fourth-order valence-electron chi connectivity index (χ4n) is 2.32. The van der Waals surface area contributed by atoms with Crippen molar-refractivity contribution in [3.8, 4) is 17.1 Å². The minimum absolute atomic E-state index is 0.608. The Morgan fingerprint density at radius 1 is 1.20 bits per heavy atom. The zero-order valence-corrected chi connectivity index (χ0v) is 11.7. The van der Waals surface area contributed by atoms with Gasteiger partial charge in [-0.3, -0.25) is 4.99 Å². The monoisotopic (exact) mass is 267 g/mol. The average molecular weight is 267 g/mol. The molecular weight excluding hydrogens is 250 g/mol. The van der Waals surface area contributed by atoms with Gasteiger partial charge in [-0.25, -0.2) is 4.98 Å². The van der Waals surface area contributed by atoms with E-state index in [0.29, 0.717) is 5.88 Å². The molecule has 1 N–H and O–H groups in total.